The van der Waals surface area contributed by atoms with Crippen LogP contribution in [0.5, 0.6) is 0 Å². The lowest BCUT2D eigenvalue weighted by Gasteiger charge is -2.32. The molecule has 1 fully saturated rings. The first-order chi connectivity index (χ1) is 10.6. The van der Waals surface area contributed by atoms with Gasteiger partial charge in [0.25, 0.3) is 5.56 Å². The van der Waals surface area contributed by atoms with E-state index < -0.39 is 0 Å². The molecule has 5 heteroatoms. The fourth-order valence-corrected chi connectivity index (χ4v) is 3.22. The third kappa shape index (κ3) is 3.17. The van der Waals surface area contributed by atoms with E-state index in [0.29, 0.717) is 12.5 Å². The summed E-state index contributed by atoms with van der Waals surface area (Å²) < 4.78 is 1.43. The van der Waals surface area contributed by atoms with Gasteiger partial charge in [0, 0.05) is 13.1 Å². The molecule has 1 atom stereocenters. The van der Waals surface area contributed by atoms with E-state index in [9.17, 15) is 4.79 Å². The van der Waals surface area contributed by atoms with Crippen molar-refractivity contribution >= 4 is 17.3 Å². The summed E-state index contributed by atoms with van der Waals surface area (Å²) in [5.74, 6) is 0.622. The van der Waals surface area contributed by atoms with Gasteiger partial charge in [-0.2, -0.15) is 5.10 Å². The minimum atomic E-state index is -0.221. The fraction of sp³-hybridized carbons (Fsp3) is 0.412. The van der Waals surface area contributed by atoms with Crippen molar-refractivity contribution in [2.24, 2.45) is 5.92 Å². The highest BCUT2D eigenvalue weighted by molar-refractivity contribution is 6.33. The molecule has 22 heavy (non-hydrogen) atoms. The molecule has 4 nitrogen and oxygen atoms in total. The molecule has 0 aliphatic carbocycles. The van der Waals surface area contributed by atoms with Crippen LogP contribution in [0.1, 0.15) is 25.3 Å². The Bertz CT molecular complexity index is 699. The summed E-state index contributed by atoms with van der Waals surface area (Å²) in [5, 5.41) is 4.59. The molecule has 0 N–H and O–H groups in total. The fourth-order valence-electron chi connectivity index (χ4n) is 2.95. The van der Waals surface area contributed by atoms with Crippen LogP contribution in [-0.4, -0.2) is 22.9 Å². The molecule has 1 aliphatic rings. The lowest BCUT2D eigenvalue weighted by Crippen LogP contribution is -2.36. The number of hydrogen-bond acceptors (Lipinski definition) is 3. The van der Waals surface area contributed by atoms with E-state index in [-0.39, 0.29) is 10.6 Å². The first-order valence-electron chi connectivity index (χ1n) is 7.69. The van der Waals surface area contributed by atoms with E-state index in [1.807, 2.05) is 30.3 Å². The van der Waals surface area contributed by atoms with E-state index in [1.54, 1.807) is 6.20 Å². The molecule has 2 heterocycles. The largest absolute Gasteiger partial charge is 0.369 e. The number of benzene rings is 1. The van der Waals surface area contributed by atoms with Crippen LogP contribution < -0.4 is 10.5 Å². The third-order valence-electron chi connectivity index (χ3n) is 4.14. The van der Waals surface area contributed by atoms with Crippen molar-refractivity contribution < 1.29 is 0 Å². The maximum atomic E-state index is 12.5. The van der Waals surface area contributed by atoms with Gasteiger partial charge in [-0.1, -0.05) is 48.9 Å². The van der Waals surface area contributed by atoms with Gasteiger partial charge in [-0.05, 0) is 24.3 Å². The predicted octanol–water partition coefficient (Wildman–Crippen LogP) is 3.18. The second kappa shape index (κ2) is 6.53. The summed E-state index contributed by atoms with van der Waals surface area (Å²) in [4.78, 5) is 14.6. The minimum absolute atomic E-state index is 0.221. The van der Waals surface area contributed by atoms with Crippen LogP contribution in [-0.2, 0) is 6.54 Å². The van der Waals surface area contributed by atoms with E-state index in [4.69, 9.17) is 11.6 Å². The quantitative estimate of drug-likeness (QED) is 0.872. The Kier molecular flexibility index (Phi) is 4.48. The van der Waals surface area contributed by atoms with Gasteiger partial charge in [0.15, 0.2) is 0 Å². The molecule has 1 aliphatic heterocycles. The predicted molar refractivity (Wildman–Crippen MR) is 89.7 cm³/mol. The summed E-state index contributed by atoms with van der Waals surface area (Å²) in [6.45, 7) is 4.54. The van der Waals surface area contributed by atoms with E-state index >= 15 is 0 Å². The molecule has 1 unspecified atom stereocenters. The molecule has 1 saturated heterocycles. The maximum absolute atomic E-state index is 12.5. The average molecular weight is 318 g/mol. The summed E-state index contributed by atoms with van der Waals surface area (Å²) >= 11 is 6.33. The Labute approximate surface area is 135 Å². The zero-order valence-corrected chi connectivity index (χ0v) is 13.5. The van der Waals surface area contributed by atoms with Crippen LogP contribution >= 0.6 is 11.6 Å². The van der Waals surface area contributed by atoms with Crippen molar-refractivity contribution in [1.29, 1.82) is 0 Å². The van der Waals surface area contributed by atoms with E-state index in [2.05, 4.69) is 16.9 Å². The van der Waals surface area contributed by atoms with Crippen molar-refractivity contribution in [3.63, 3.8) is 0 Å². The summed E-state index contributed by atoms with van der Waals surface area (Å²) in [5.41, 5.74) is 1.58. The van der Waals surface area contributed by atoms with Crippen molar-refractivity contribution in [3.8, 4) is 0 Å². The smallest absolute Gasteiger partial charge is 0.287 e. The molecule has 0 amide bonds. The SMILES string of the molecule is CC1CCCN(c2cnn(Cc3ccccc3)c(=O)c2Cl)C1. The topological polar surface area (TPSA) is 38.1 Å². The van der Waals surface area contributed by atoms with Crippen LogP contribution in [0.2, 0.25) is 5.02 Å². The molecule has 1 aromatic carbocycles. The minimum Gasteiger partial charge on any atom is -0.369 e. The average Bonchev–Trinajstić information content (AvgIpc) is 2.53. The van der Waals surface area contributed by atoms with Gasteiger partial charge in [-0.3, -0.25) is 4.79 Å². The number of hydrogen-bond donors (Lipinski definition) is 0. The number of halogens is 1. The lowest BCUT2D eigenvalue weighted by molar-refractivity contribution is 0.445. The summed E-state index contributed by atoms with van der Waals surface area (Å²) in [6, 6.07) is 9.80. The molecular formula is C17H20ClN3O. The molecule has 2 aromatic rings. The standard InChI is InChI=1S/C17H20ClN3O/c1-13-6-5-9-20(11-13)15-10-19-21(17(22)16(15)18)12-14-7-3-2-4-8-14/h2-4,7-8,10,13H,5-6,9,11-12H2,1H3. The van der Waals surface area contributed by atoms with Gasteiger partial charge in [-0.15, -0.1) is 0 Å². The Balaban J connectivity index is 1.87. The molecule has 116 valence electrons. The monoisotopic (exact) mass is 317 g/mol. The molecule has 0 radical (unpaired) electrons. The second-order valence-electron chi connectivity index (χ2n) is 5.99. The van der Waals surface area contributed by atoms with Crippen molar-refractivity contribution in [2.45, 2.75) is 26.3 Å². The highest BCUT2D eigenvalue weighted by atomic mass is 35.5. The van der Waals surface area contributed by atoms with Gasteiger partial charge in [-0.25, -0.2) is 4.68 Å². The van der Waals surface area contributed by atoms with Gasteiger partial charge in [0.1, 0.15) is 5.02 Å². The van der Waals surface area contributed by atoms with Crippen LogP contribution in [0.25, 0.3) is 0 Å². The second-order valence-corrected chi connectivity index (χ2v) is 6.36. The van der Waals surface area contributed by atoms with Gasteiger partial charge >= 0.3 is 0 Å². The van der Waals surface area contributed by atoms with Crippen molar-refractivity contribution in [3.05, 3.63) is 57.5 Å². The van der Waals surface area contributed by atoms with Crippen LogP contribution in [0.3, 0.4) is 0 Å². The number of anilines is 1. The molecule has 0 spiro atoms. The van der Waals surface area contributed by atoms with Gasteiger partial charge in [0.05, 0.1) is 18.4 Å². The Hall–Kier alpha value is -1.81. The Morgan fingerprint density at radius 1 is 1.32 bits per heavy atom. The molecular weight excluding hydrogens is 298 g/mol. The number of piperidine rings is 1. The van der Waals surface area contributed by atoms with Crippen molar-refractivity contribution in [2.75, 3.05) is 18.0 Å². The number of nitrogens with zero attached hydrogens (tertiary/aromatic N) is 3. The van der Waals surface area contributed by atoms with Crippen LogP contribution in [0, 0.1) is 5.92 Å². The zero-order chi connectivity index (χ0) is 15.5. The highest BCUT2D eigenvalue weighted by Crippen LogP contribution is 2.26. The maximum Gasteiger partial charge on any atom is 0.287 e. The Morgan fingerprint density at radius 2 is 2.09 bits per heavy atom. The summed E-state index contributed by atoms with van der Waals surface area (Å²) in [6.07, 6.45) is 4.09. The molecule has 3 rings (SSSR count). The molecule has 1 aromatic heterocycles. The highest BCUT2D eigenvalue weighted by Gasteiger charge is 2.21. The molecule has 0 bridgehead atoms. The third-order valence-corrected chi connectivity index (χ3v) is 4.49. The van der Waals surface area contributed by atoms with Crippen molar-refractivity contribution in [1.82, 2.24) is 9.78 Å². The first kappa shape index (κ1) is 15.1. The molecule has 0 saturated carbocycles. The van der Waals surface area contributed by atoms with Gasteiger partial charge in [0.2, 0.25) is 0 Å². The van der Waals surface area contributed by atoms with E-state index in [1.165, 1.54) is 11.1 Å². The van der Waals surface area contributed by atoms with Crippen LogP contribution in [0.4, 0.5) is 5.69 Å². The lowest BCUT2D eigenvalue weighted by atomic mass is 10.00. The Morgan fingerprint density at radius 3 is 2.82 bits per heavy atom. The summed E-state index contributed by atoms with van der Waals surface area (Å²) in [7, 11) is 0. The first-order valence-corrected chi connectivity index (χ1v) is 8.07. The zero-order valence-electron chi connectivity index (χ0n) is 12.7. The number of aromatic nitrogens is 2. The van der Waals surface area contributed by atoms with Gasteiger partial charge < -0.3 is 4.90 Å². The number of rotatable bonds is 3. The van der Waals surface area contributed by atoms with Crippen LogP contribution in [0.15, 0.2) is 41.3 Å². The normalized spacial score (nSPS) is 18.5. The van der Waals surface area contributed by atoms with E-state index in [0.717, 1.165) is 30.8 Å².